The lowest BCUT2D eigenvalue weighted by molar-refractivity contribution is -0.140. The molecular formula is C26H30ClN3O4S. The molecule has 3 rings (SSSR count). The van der Waals surface area contributed by atoms with E-state index in [9.17, 15) is 18.0 Å². The maximum Gasteiger partial charge on any atom is 0.243 e. The molecule has 3 aromatic rings. The molecule has 9 heteroatoms. The third-order valence-corrected chi connectivity index (χ3v) is 7.66. The van der Waals surface area contributed by atoms with Gasteiger partial charge in [0.05, 0.1) is 11.4 Å². The molecule has 0 spiro atoms. The number of nitrogens with one attached hydrogen (secondary N) is 1. The summed E-state index contributed by atoms with van der Waals surface area (Å²) in [5, 5.41) is 5.02. The molecular weight excluding hydrogens is 486 g/mol. The van der Waals surface area contributed by atoms with Gasteiger partial charge in [-0.05, 0) is 61.4 Å². The van der Waals surface area contributed by atoms with Gasteiger partial charge in [0.1, 0.15) is 6.04 Å². The fourth-order valence-electron chi connectivity index (χ4n) is 3.69. The first-order valence-electron chi connectivity index (χ1n) is 11.3. The maximum absolute atomic E-state index is 13.4. The van der Waals surface area contributed by atoms with Gasteiger partial charge in [-0.3, -0.25) is 9.59 Å². The van der Waals surface area contributed by atoms with E-state index in [4.69, 9.17) is 11.6 Å². The lowest BCUT2D eigenvalue weighted by Gasteiger charge is -2.30. The van der Waals surface area contributed by atoms with Gasteiger partial charge in [-0.1, -0.05) is 54.1 Å². The average molecular weight is 516 g/mol. The van der Waals surface area contributed by atoms with Crippen molar-refractivity contribution >= 4 is 44.2 Å². The second-order valence-electron chi connectivity index (χ2n) is 8.76. The van der Waals surface area contributed by atoms with Gasteiger partial charge in [0, 0.05) is 24.7 Å². The molecule has 0 aromatic heterocycles. The molecule has 1 N–H and O–H groups in total. The number of fused-ring (bicyclic) bond motifs is 1. The highest BCUT2D eigenvalue weighted by Crippen LogP contribution is 2.22. The smallest absolute Gasteiger partial charge is 0.243 e. The Hall–Kier alpha value is -2.94. The second kappa shape index (κ2) is 11.2. The van der Waals surface area contributed by atoms with Crippen LogP contribution in [0.25, 0.3) is 10.8 Å². The fourth-order valence-corrected chi connectivity index (χ4v) is 5.06. The molecule has 0 heterocycles. The lowest BCUT2D eigenvalue weighted by atomic mass is 10.1. The maximum atomic E-state index is 13.4. The van der Waals surface area contributed by atoms with E-state index in [2.05, 4.69) is 5.32 Å². The average Bonchev–Trinajstić information content (AvgIpc) is 2.81. The van der Waals surface area contributed by atoms with Gasteiger partial charge in [-0.15, -0.1) is 0 Å². The van der Waals surface area contributed by atoms with Crippen LogP contribution >= 0.6 is 11.6 Å². The third kappa shape index (κ3) is 6.60. The first-order chi connectivity index (χ1) is 16.5. The monoisotopic (exact) mass is 515 g/mol. The largest absolute Gasteiger partial charge is 0.352 e. The SMILES string of the molecule is CC(C)NC(=O)[C@H](C)N(Cc1cccc(Cl)c1)C(=O)CN(C)S(=O)(=O)c1ccc2ccccc2c1. The summed E-state index contributed by atoms with van der Waals surface area (Å²) in [4.78, 5) is 27.6. The predicted molar refractivity (Wildman–Crippen MR) is 139 cm³/mol. The summed E-state index contributed by atoms with van der Waals surface area (Å²) in [7, 11) is -2.58. The van der Waals surface area contributed by atoms with E-state index in [0.29, 0.717) is 5.02 Å². The van der Waals surface area contributed by atoms with Crippen molar-refractivity contribution in [3.63, 3.8) is 0 Å². The van der Waals surface area contributed by atoms with Crippen molar-refractivity contribution in [2.45, 2.75) is 44.3 Å². The molecule has 0 aliphatic heterocycles. The van der Waals surface area contributed by atoms with E-state index < -0.39 is 28.5 Å². The summed E-state index contributed by atoms with van der Waals surface area (Å²) >= 11 is 6.10. The number of rotatable bonds is 9. The van der Waals surface area contributed by atoms with Gasteiger partial charge < -0.3 is 10.2 Å². The van der Waals surface area contributed by atoms with Crippen molar-refractivity contribution < 1.29 is 18.0 Å². The Kier molecular flexibility index (Phi) is 8.53. The molecule has 0 saturated carbocycles. The van der Waals surface area contributed by atoms with Crippen molar-refractivity contribution in [3.05, 3.63) is 77.3 Å². The van der Waals surface area contributed by atoms with Gasteiger partial charge >= 0.3 is 0 Å². The van der Waals surface area contributed by atoms with E-state index >= 15 is 0 Å². The molecule has 35 heavy (non-hydrogen) atoms. The number of benzene rings is 3. The summed E-state index contributed by atoms with van der Waals surface area (Å²) in [6.45, 7) is 4.97. The second-order valence-corrected chi connectivity index (χ2v) is 11.2. The summed E-state index contributed by atoms with van der Waals surface area (Å²) in [6, 6.07) is 18.4. The Labute approximate surface area is 211 Å². The van der Waals surface area contributed by atoms with Crippen LogP contribution < -0.4 is 5.32 Å². The zero-order valence-corrected chi connectivity index (χ0v) is 21.8. The quantitative estimate of drug-likeness (QED) is 0.465. The van der Waals surface area contributed by atoms with Gasteiger partial charge in [0.25, 0.3) is 0 Å². The number of hydrogen-bond donors (Lipinski definition) is 1. The molecule has 0 aliphatic carbocycles. The van der Waals surface area contributed by atoms with Crippen LogP contribution in [-0.2, 0) is 26.2 Å². The van der Waals surface area contributed by atoms with Crippen molar-refractivity contribution in [2.24, 2.45) is 0 Å². The zero-order chi connectivity index (χ0) is 25.8. The predicted octanol–water partition coefficient (Wildman–Crippen LogP) is 4.06. The van der Waals surface area contributed by atoms with E-state index in [1.807, 2.05) is 38.1 Å². The fraction of sp³-hybridized carbons (Fsp3) is 0.308. The number of halogens is 1. The van der Waals surface area contributed by atoms with Crippen molar-refractivity contribution in [2.75, 3.05) is 13.6 Å². The van der Waals surface area contributed by atoms with Crippen molar-refractivity contribution in [1.29, 1.82) is 0 Å². The summed E-state index contributed by atoms with van der Waals surface area (Å²) in [6.07, 6.45) is 0. The minimum Gasteiger partial charge on any atom is -0.352 e. The van der Waals surface area contributed by atoms with Crippen LogP contribution in [0.2, 0.25) is 5.02 Å². The highest BCUT2D eigenvalue weighted by atomic mass is 35.5. The third-order valence-electron chi connectivity index (χ3n) is 5.63. The van der Waals surface area contributed by atoms with Gasteiger partial charge in [0.15, 0.2) is 0 Å². The molecule has 0 fully saturated rings. The molecule has 0 radical (unpaired) electrons. The highest BCUT2D eigenvalue weighted by molar-refractivity contribution is 7.89. The molecule has 7 nitrogen and oxygen atoms in total. The highest BCUT2D eigenvalue weighted by Gasteiger charge is 2.30. The number of carbonyl (C=O) groups is 2. The standard InChI is InChI=1S/C26H30ClN3O4S/c1-18(2)28-26(32)19(3)30(16-20-8-7-11-23(27)14-20)25(31)17-29(4)35(33,34)24-13-12-21-9-5-6-10-22(21)15-24/h5-15,18-19H,16-17H2,1-4H3,(H,28,32)/t19-/m0/s1. The Morgan fingerprint density at radius 1 is 0.943 bits per heavy atom. The minimum atomic E-state index is -3.94. The number of carbonyl (C=O) groups excluding carboxylic acids is 2. The molecule has 0 bridgehead atoms. The van der Waals surface area contributed by atoms with E-state index in [-0.39, 0.29) is 23.4 Å². The Bertz CT molecular complexity index is 1330. The van der Waals surface area contributed by atoms with E-state index in [1.54, 1.807) is 43.3 Å². The Balaban J connectivity index is 1.85. The normalized spacial score (nSPS) is 12.7. The first-order valence-corrected chi connectivity index (χ1v) is 13.1. The van der Waals surface area contributed by atoms with Crippen LogP contribution in [0.3, 0.4) is 0 Å². The molecule has 0 aliphatic rings. The van der Waals surface area contributed by atoms with Gasteiger partial charge in [-0.25, -0.2) is 8.42 Å². The number of amides is 2. The van der Waals surface area contributed by atoms with E-state index in [1.165, 1.54) is 18.0 Å². The molecule has 186 valence electrons. The molecule has 0 saturated heterocycles. The van der Waals surface area contributed by atoms with Crippen LogP contribution in [0.4, 0.5) is 0 Å². The van der Waals surface area contributed by atoms with Crippen LogP contribution in [0, 0.1) is 0 Å². The van der Waals surface area contributed by atoms with Gasteiger partial charge in [0.2, 0.25) is 21.8 Å². The van der Waals surface area contributed by atoms with E-state index in [0.717, 1.165) is 20.6 Å². The van der Waals surface area contributed by atoms with Gasteiger partial charge in [-0.2, -0.15) is 4.31 Å². The van der Waals surface area contributed by atoms with Crippen LogP contribution in [-0.4, -0.2) is 55.1 Å². The molecule has 1 atom stereocenters. The Morgan fingerprint density at radius 3 is 2.29 bits per heavy atom. The number of sulfonamides is 1. The first kappa shape index (κ1) is 26.7. The number of hydrogen-bond acceptors (Lipinski definition) is 4. The van der Waals surface area contributed by atoms with Crippen LogP contribution in [0.15, 0.2) is 71.6 Å². The number of likely N-dealkylation sites (N-methyl/N-ethyl adjacent to an activating group) is 1. The van der Waals surface area contributed by atoms with Crippen molar-refractivity contribution in [3.8, 4) is 0 Å². The van der Waals surface area contributed by atoms with Crippen LogP contribution in [0.1, 0.15) is 26.3 Å². The summed E-state index contributed by atoms with van der Waals surface area (Å²) < 4.78 is 27.5. The molecule has 3 aromatic carbocycles. The topological polar surface area (TPSA) is 86.8 Å². The van der Waals surface area contributed by atoms with Crippen LogP contribution in [0.5, 0.6) is 0 Å². The molecule has 2 amide bonds. The summed E-state index contributed by atoms with van der Waals surface area (Å²) in [5.74, 6) is -0.821. The summed E-state index contributed by atoms with van der Waals surface area (Å²) in [5.41, 5.74) is 0.732. The van der Waals surface area contributed by atoms with Crippen molar-refractivity contribution in [1.82, 2.24) is 14.5 Å². The molecule has 0 unspecified atom stereocenters. The number of nitrogens with zero attached hydrogens (tertiary/aromatic N) is 2. The lowest BCUT2D eigenvalue weighted by Crippen LogP contribution is -2.51. The minimum absolute atomic E-state index is 0.0958. The Morgan fingerprint density at radius 2 is 1.63 bits per heavy atom. The zero-order valence-electron chi connectivity index (χ0n) is 20.2.